The van der Waals surface area contributed by atoms with Crippen LogP contribution >= 0.6 is 0 Å². The van der Waals surface area contributed by atoms with Crippen LogP contribution in [0.15, 0.2) is 24.4 Å². The van der Waals surface area contributed by atoms with E-state index in [1.165, 1.54) is 6.20 Å². The van der Waals surface area contributed by atoms with Gasteiger partial charge in [-0.25, -0.2) is 0 Å². The summed E-state index contributed by atoms with van der Waals surface area (Å²) in [5.74, 6) is 2.70. The zero-order chi connectivity index (χ0) is 16.5. The first-order valence-electron chi connectivity index (χ1n) is 7.64. The van der Waals surface area contributed by atoms with Crippen LogP contribution in [0.25, 0.3) is 5.65 Å². The summed E-state index contributed by atoms with van der Waals surface area (Å²) in [6, 6.07) is 7.65. The van der Waals surface area contributed by atoms with Crippen LogP contribution in [-0.4, -0.2) is 49.6 Å². The van der Waals surface area contributed by atoms with Gasteiger partial charge in [0.25, 0.3) is 0 Å². The van der Waals surface area contributed by atoms with Gasteiger partial charge in [0.05, 0.1) is 11.8 Å². The molecule has 4 heterocycles. The SMILES string of the molecule is Cc1nnc2ccc(N3CC(CNc4nnccc4C#N)C3)nn12. The fourth-order valence-corrected chi connectivity index (χ4v) is 2.73. The average Bonchev–Trinajstić information content (AvgIpc) is 2.94. The largest absolute Gasteiger partial charge is 0.367 e. The Morgan fingerprint density at radius 1 is 1.25 bits per heavy atom. The van der Waals surface area contributed by atoms with Gasteiger partial charge in [-0.1, -0.05) is 0 Å². The van der Waals surface area contributed by atoms with E-state index in [-0.39, 0.29) is 0 Å². The topological polar surface area (TPSA) is 108 Å². The fourth-order valence-electron chi connectivity index (χ4n) is 2.73. The lowest BCUT2D eigenvalue weighted by Gasteiger charge is -2.40. The summed E-state index contributed by atoms with van der Waals surface area (Å²) < 4.78 is 1.75. The fraction of sp³-hybridized carbons (Fsp3) is 0.333. The van der Waals surface area contributed by atoms with Crippen LogP contribution in [0.5, 0.6) is 0 Å². The van der Waals surface area contributed by atoms with Crippen molar-refractivity contribution >= 4 is 17.3 Å². The minimum absolute atomic E-state index is 0.470. The van der Waals surface area contributed by atoms with Crippen LogP contribution in [0.4, 0.5) is 11.6 Å². The summed E-state index contributed by atoms with van der Waals surface area (Å²) >= 11 is 0. The van der Waals surface area contributed by atoms with Gasteiger partial charge >= 0.3 is 0 Å². The molecule has 9 nitrogen and oxygen atoms in total. The lowest BCUT2D eigenvalue weighted by atomic mass is 10.0. The van der Waals surface area contributed by atoms with Gasteiger partial charge < -0.3 is 10.2 Å². The molecule has 0 amide bonds. The highest BCUT2D eigenvalue weighted by atomic mass is 15.4. The Morgan fingerprint density at radius 2 is 2.12 bits per heavy atom. The molecule has 0 aromatic carbocycles. The van der Waals surface area contributed by atoms with Crippen molar-refractivity contribution in [1.82, 2.24) is 30.0 Å². The maximum absolute atomic E-state index is 9.05. The Morgan fingerprint density at radius 3 is 2.96 bits per heavy atom. The summed E-state index contributed by atoms with van der Waals surface area (Å²) in [6.07, 6.45) is 1.52. The first-order valence-corrected chi connectivity index (χ1v) is 7.64. The smallest absolute Gasteiger partial charge is 0.178 e. The zero-order valence-corrected chi connectivity index (χ0v) is 13.1. The number of hydrogen-bond acceptors (Lipinski definition) is 8. The Balaban J connectivity index is 1.37. The molecule has 1 saturated heterocycles. The van der Waals surface area contributed by atoms with Crippen molar-refractivity contribution in [2.45, 2.75) is 6.92 Å². The molecule has 0 spiro atoms. The number of nitrogens with one attached hydrogen (secondary N) is 1. The number of fused-ring (bicyclic) bond motifs is 1. The quantitative estimate of drug-likeness (QED) is 0.746. The third-order valence-corrected chi connectivity index (χ3v) is 4.09. The van der Waals surface area contributed by atoms with Crippen LogP contribution in [0.2, 0.25) is 0 Å². The molecule has 1 aliphatic heterocycles. The molecule has 1 N–H and O–H groups in total. The second-order valence-electron chi connectivity index (χ2n) is 5.77. The van der Waals surface area contributed by atoms with Gasteiger partial charge in [0.2, 0.25) is 0 Å². The normalized spacial score (nSPS) is 14.4. The zero-order valence-electron chi connectivity index (χ0n) is 13.1. The number of anilines is 2. The van der Waals surface area contributed by atoms with Gasteiger partial charge in [-0.15, -0.1) is 20.4 Å². The lowest BCUT2D eigenvalue weighted by Crippen LogP contribution is -2.50. The van der Waals surface area contributed by atoms with Crippen molar-refractivity contribution in [1.29, 1.82) is 5.26 Å². The van der Waals surface area contributed by atoms with Crippen LogP contribution in [-0.2, 0) is 0 Å². The van der Waals surface area contributed by atoms with Gasteiger partial charge in [-0.3, -0.25) is 0 Å². The number of rotatable bonds is 4. The standard InChI is InChI=1S/C15H15N9/c1-10-19-20-13-2-3-14(22-24(10)13)23-8-11(9-23)7-17-15-12(6-16)4-5-18-21-15/h2-5,11H,7-9H2,1H3,(H,17,21). The van der Waals surface area contributed by atoms with Crippen molar-refractivity contribution in [3.05, 3.63) is 35.8 Å². The molecule has 0 aliphatic carbocycles. The molecule has 0 bridgehead atoms. The van der Waals surface area contributed by atoms with Crippen LogP contribution in [0.1, 0.15) is 11.4 Å². The van der Waals surface area contributed by atoms with E-state index in [0.29, 0.717) is 17.3 Å². The highest BCUT2D eigenvalue weighted by Gasteiger charge is 2.28. The minimum atomic E-state index is 0.470. The highest BCUT2D eigenvalue weighted by molar-refractivity contribution is 5.51. The summed E-state index contributed by atoms with van der Waals surface area (Å²) in [6.45, 7) is 4.43. The summed E-state index contributed by atoms with van der Waals surface area (Å²) in [5.41, 5.74) is 1.26. The first kappa shape index (κ1) is 14.3. The predicted molar refractivity (Wildman–Crippen MR) is 86.5 cm³/mol. The molecule has 120 valence electrons. The number of aryl methyl sites for hydroxylation is 1. The van der Waals surface area contributed by atoms with Gasteiger partial charge in [0, 0.05) is 25.6 Å². The second kappa shape index (κ2) is 5.73. The van der Waals surface area contributed by atoms with Gasteiger partial charge in [0.1, 0.15) is 11.9 Å². The van der Waals surface area contributed by atoms with E-state index in [1.54, 1.807) is 10.6 Å². The molecular formula is C15H15N9. The molecule has 0 atom stereocenters. The van der Waals surface area contributed by atoms with Crippen molar-refractivity contribution in [3.8, 4) is 6.07 Å². The Kier molecular flexibility index (Phi) is 3.42. The predicted octanol–water partition coefficient (Wildman–Crippen LogP) is 0.643. The summed E-state index contributed by atoms with van der Waals surface area (Å²) in [4.78, 5) is 2.20. The van der Waals surface area contributed by atoms with Crippen molar-refractivity contribution in [2.24, 2.45) is 5.92 Å². The third-order valence-electron chi connectivity index (χ3n) is 4.09. The van der Waals surface area contributed by atoms with E-state index >= 15 is 0 Å². The number of nitriles is 1. The molecule has 0 radical (unpaired) electrons. The van der Waals surface area contributed by atoms with E-state index in [0.717, 1.165) is 36.9 Å². The molecule has 4 rings (SSSR count). The molecule has 9 heteroatoms. The van der Waals surface area contributed by atoms with E-state index in [9.17, 15) is 0 Å². The highest BCUT2D eigenvalue weighted by Crippen LogP contribution is 2.23. The molecule has 24 heavy (non-hydrogen) atoms. The molecular weight excluding hydrogens is 306 g/mol. The first-order chi connectivity index (χ1) is 11.7. The molecule has 1 fully saturated rings. The van der Waals surface area contributed by atoms with E-state index in [4.69, 9.17) is 5.26 Å². The Labute approximate surface area is 137 Å². The molecule has 0 unspecified atom stereocenters. The number of nitrogens with zero attached hydrogens (tertiary/aromatic N) is 8. The molecule has 0 saturated carbocycles. The second-order valence-corrected chi connectivity index (χ2v) is 5.77. The monoisotopic (exact) mass is 321 g/mol. The summed E-state index contributed by atoms with van der Waals surface area (Å²) in [5, 5.41) is 32.7. The van der Waals surface area contributed by atoms with Crippen LogP contribution < -0.4 is 10.2 Å². The van der Waals surface area contributed by atoms with Crippen LogP contribution in [0.3, 0.4) is 0 Å². The Hall–Kier alpha value is -3.28. The average molecular weight is 321 g/mol. The third kappa shape index (κ3) is 2.48. The molecule has 1 aliphatic rings. The number of hydrogen-bond donors (Lipinski definition) is 1. The lowest BCUT2D eigenvalue weighted by molar-refractivity contribution is 0.424. The molecule has 3 aromatic heterocycles. The number of aromatic nitrogens is 6. The van der Waals surface area contributed by atoms with E-state index in [1.807, 2.05) is 19.1 Å². The molecule has 3 aromatic rings. The van der Waals surface area contributed by atoms with Gasteiger partial charge in [-0.2, -0.15) is 14.9 Å². The summed E-state index contributed by atoms with van der Waals surface area (Å²) in [7, 11) is 0. The Bertz CT molecular complexity index is 920. The van der Waals surface area contributed by atoms with Crippen molar-refractivity contribution in [3.63, 3.8) is 0 Å². The maximum Gasteiger partial charge on any atom is 0.178 e. The minimum Gasteiger partial charge on any atom is -0.367 e. The van der Waals surface area contributed by atoms with Crippen molar-refractivity contribution in [2.75, 3.05) is 29.9 Å². The van der Waals surface area contributed by atoms with Crippen molar-refractivity contribution < 1.29 is 0 Å². The van der Waals surface area contributed by atoms with Gasteiger partial charge in [0.15, 0.2) is 17.3 Å². The van der Waals surface area contributed by atoms with Gasteiger partial charge in [-0.05, 0) is 25.1 Å². The van der Waals surface area contributed by atoms with E-state index < -0.39 is 0 Å². The van der Waals surface area contributed by atoms with Crippen LogP contribution in [0, 0.1) is 24.2 Å². The van der Waals surface area contributed by atoms with E-state index in [2.05, 4.69) is 41.8 Å². The maximum atomic E-state index is 9.05.